The average molecular weight is 189 g/mol. The maximum absolute atomic E-state index is 11.6. The Balaban J connectivity index is 2.75. The normalized spacial score (nSPS) is 10.0. The number of hydrogen-bond acceptors (Lipinski definition) is 3. The fourth-order valence-electron chi connectivity index (χ4n) is 1.22. The Bertz CT molecular complexity index is 533. The van der Waals surface area contributed by atoms with Crippen LogP contribution >= 0.6 is 0 Å². The van der Waals surface area contributed by atoms with Crippen LogP contribution in [0.3, 0.4) is 0 Å². The first-order valence-corrected chi connectivity index (χ1v) is 3.99. The molecular formula is C9H7N3O2. The summed E-state index contributed by atoms with van der Waals surface area (Å²) in [6.45, 7) is 0. The minimum Gasteiger partial charge on any atom is -0.277 e. The second-order valence-electron chi connectivity index (χ2n) is 2.68. The molecule has 0 aliphatic heterocycles. The van der Waals surface area contributed by atoms with Crippen LogP contribution in [0.15, 0.2) is 35.4 Å². The number of para-hydroxylation sites is 1. The van der Waals surface area contributed by atoms with Gasteiger partial charge in [-0.25, -0.2) is 9.66 Å². The molecule has 2 rings (SSSR count). The van der Waals surface area contributed by atoms with Crippen molar-refractivity contribution >= 4 is 17.3 Å². The molecule has 0 aliphatic carbocycles. The predicted molar refractivity (Wildman–Crippen MR) is 51.4 cm³/mol. The van der Waals surface area contributed by atoms with Gasteiger partial charge >= 0.3 is 0 Å². The molecule has 0 aliphatic rings. The summed E-state index contributed by atoms with van der Waals surface area (Å²) in [6.07, 6.45) is 1.71. The molecule has 0 saturated heterocycles. The van der Waals surface area contributed by atoms with Gasteiger partial charge in [0, 0.05) is 0 Å². The summed E-state index contributed by atoms with van der Waals surface area (Å²) in [4.78, 5) is 25.8. The molecule has 0 unspecified atom stereocenters. The maximum Gasteiger partial charge on any atom is 0.280 e. The van der Waals surface area contributed by atoms with Crippen molar-refractivity contribution in [2.24, 2.45) is 0 Å². The molecule has 14 heavy (non-hydrogen) atoms. The summed E-state index contributed by atoms with van der Waals surface area (Å²) in [6, 6.07) is 6.94. The highest BCUT2D eigenvalue weighted by Crippen LogP contribution is 2.03. The van der Waals surface area contributed by atoms with Gasteiger partial charge in [0.15, 0.2) is 0 Å². The third kappa shape index (κ3) is 1.24. The zero-order valence-corrected chi connectivity index (χ0v) is 7.18. The lowest BCUT2D eigenvalue weighted by molar-refractivity contribution is -0.106. The minimum atomic E-state index is -0.289. The highest BCUT2D eigenvalue weighted by atomic mass is 16.2. The van der Waals surface area contributed by atoms with Crippen molar-refractivity contribution in [2.75, 3.05) is 5.43 Å². The number of hydrogen-bond donors (Lipinski definition) is 1. The van der Waals surface area contributed by atoms with Crippen molar-refractivity contribution in [1.29, 1.82) is 0 Å². The van der Waals surface area contributed by atoms with Crippen LogP contribution in [0.5, 0.6) is 0 Å². The van der Waals surface area contributed by atoms with Crippen LogP contribution < -0.4 is 11.0 Å². The van der Waals surface area contributed by atoms with Crippen molar-refractivity contribution < 1.29 is 4.79 Å². The SMILES string of the molecule is O=CNn1cnc2ccccc2c1=O. The molecule has 0 spiro atoms. The Morgan fingerprint density at radius 2 is 2.14 bits per heavy atom. The van der Waals surface area contributed by atoms with E-state index in [-0.39, 0.29) is 5.56 Å². The molecule has 2 aromatic rings. The van der Waals surface area contributed by atoms with Crippen molar-refractivity contribution in [3.8, 4) is 0 Å². The Hall–Kier alpha value is -2.17. The third-order valence-electron chi connectivity index (χ3n) is 1.86. The van der Waals surface area contributed by atoms with Crippen LogP contribution in [-0.4, -0.2) is 16.1 Å². The third-order valence-corrected chi connectivity index (χ3v) is 1.86. The zero-order chi connectivity index (χ0) is 9.97. The summed E-state index contributed by atoms with van der Waals surface area (Å²) in [5.74, 6) is 0. The first-order chi connectivity index (χ1) is 6.83. The number of aromatic nitrogens is 2. The van der Waals surface area contributed by atoms with E-state index >= 15 is 0 Å². The number of rotatable bonds is 2. The first kappa shape index (κ1) is 8.43. The smallest absolute Gasteiger partial charge is 0.277 e. The second-order valence-corrected chi connectivity index (χ2v) is 2.68. The van der Waals surface area contributed by atoms with Gasteiger partial charge in [-0.3, -0.25) is 15.0 Å². The number of amides is 1. The monoisotopic (exact) mass is 189 g/mol. The summed E-state index contributed by atoms with van der Waals surface area (Å²) in [7, 11) is 0. The van der Waals surface area contributed by atoms with Gasteiger partial charge in [-0.2, -0.15) is 0 Å². The summed E-state index contributed by atoms with van der Waals surface area (Å²) in [5.41, 5.74) is 2.55. The number of benzene rings is 1. The molecule has 0 saturated carbocycles. The van der Waals surface area contributed by atoms with E-state index in [1.807, 2.05) is 0 Å². The van der Waals surface area contributed by atoms with Crippen LogP contribution in [0.1, 0.15) is 0 Å². The Kier molecular flexibility index (Phi) is 1.98. The Labute approximate surface area is 79.0 Å². The standard InChI is InChI=1S/C9H7N3O2/c13-6-11-12-5-10-8-4-2-1-3-7(8)9(12)14/h1-6H,(H,11,13). The largest absolute Gasteiger partial charge is 0.280 e. The molecule has 1 aromatic heterocycles. The topological polar surface area (TPSA) is 64.0 Å². The van der Waals surface area contributed by atoms with E-state index in [0.29, 0.717) is 17.3 Å². The Morgan fingerprint density at radius 1 is 1.36 bits per heavy atom. The van der Waals surface area contributed by atoms with Gasteiger partial charge in [-0.05, 0) is 12.1 Å². The number of carbonyl (C=O) groups excluding carboxylic acids is 1. The average Bonchev–Trinajstić information content (AvgIpc) is 2.23. The van der Waals surface area contributed by atoms with Gasteiger partial charge in [0.25, 0.3) is 5.56 Å². The lowest BCUT2D eigenvalue weighted by atomic mass is 10.2. The van der Waals surface area contributed by atoms with Gasteiger partial charge in [0.2, 0.25) is 6.41 Å². The van der Waals surface area contributed by atoms with E-state index in [0.717, 1.165) is 4.68 Å². The van der Waals surface area contributed by atoms with Gasteiger partial charge in [0.1, 0.15) is 6.33 Å². The number of nitrogens with one attached hydrogen (secondary N) is 1. The second kappa shape index (κ2) is 3.29. The van der Waals surface area contributed by atoms with Crippen molar-refractivity contribution in [3.63, 3.8) is 0 Å². The fraction of sp³-hybridized carbons (Fsp3) is 0. The van der Waals surface area contributed by atoms with Crippen molar-refractivity contribution in [2.45, 2.75) is 0 Å². The van der Waals surface area contributed by atoms with Gasteiger partial charge in [0.05, 0.1) is 10.9 Å². The van der Waals surface area contributed by atoms with Crippen LogP contribution in [0.25, 0.3) is 10.9 Å². The molecule has 0 atom stereocenters. The van der Waals surface area contributed by atoms with E-state index in [9.17, 15) is 9.59 Å². The lowest BCUT2D eigenvalue weighted by Crippen LogP contribution is -2.28. The molecule has 1 heterocycles. The van der Waals surface area contributed by atoms with Crippen molar-refractivity contribution in [1.82, 2.24) is 9.66 Å². The quantitative estimate of drug-likeness (QED) is 0.681. The molecule has 5 nitrogen and oxygen atoms in total. The van der Waals surface area contributed by atoms with Gasteiger partial charge in [-0.1, -0.05) is 12.1 Å². The molecule has 70 valence electrons. The zero-order valence-electron chi connectivity index (χ0n) is 7.18. The molecule has 1 aromatic carbocycles. The van der Waals surface area contributed by atoms with E-state index in [1.165, 1.54) is 6.33 Å². The molecular weight excluding hydrogens is 182 g/mol. The molecule has 1 amide bonds. The first-order valence-electron chi connectivity index (χ1n) is 3.99. The van der Waals surface area contributed by atoms with Crippen LogP contribution in [-0.2, 0) is 4.79 Å². The number of nitrogens with zero attached hydrogens (tertiary/aromatic N) is 2. The summed E-state index contributed by atoms with van der Waals surface area (Å²) < 4.78 is 1.04. The van der Waals surface area contributed by atoms with E-state index in [2.05, 4.69) is 10.4 Å². The van der Waals surface area contributed by atoms with E-state index < -0.39 is 0 Å². The molecule has 0 fully saturated rings. The molecule has 0 bridgehead atoms. The highest BCUT2D eigenvalue weighted by Gasteiger charge is 2.01. The number of carbonyl (C=O) groups is 1. The van der Waals surface area contributed by atoms with Crippen LogP contribution in [0, 0.1) is 0 Å². The predicted octanol–water partition coefficient (Wildman–Crippen LogP) is 0.0964. The number of fused-ring (bicyclic) bond motifs is 1. The van der Waals surface area contributed by atoms with Crippen LogP contribution in [0.4, 0.5) is 0 Å². The molecule has 5 heteroatoms. The van der Waals surface area contributed by atoms with E-state index in [1.54, 1.807) is 24.3 Å². The molecule has 1 N–H and O–H groups in total. The van der Waals surface area contributed by atoms with Crippen molar-refractivity contribution in [3.05, 3.63) is 40.9 Å². The molecule has 0 radical (unpaired) electrons. The lowest BCUT2D eigenvalue weighted by Gasteiger charge is -2.02. The maximum atomic E-state index is 11.6. The summed E-state index contributed by atoms with van der Waals surface area (Å²) >= 11 is 0. The van der Waals surface area contributed by atoms with Crippen LogP contribution in [0.2, 0.25) is 0 Å². The summed E-state index contributed by atoms with van der Waals surface area (Å²) in [5, 5.41) is 0.476. The minimum absolute atomic E-state index is 0.289. The van der Waals surface area contributed by atoms with Gasteiger partial charge < -0.3 is 0 Å². The highest BCUT2D eigenvalue weighted by molar-refractivity contribution is 5.77. The van der Waals surface area contributed by atoms with E-state index in [4.69, 9.17) is 0 Å². The van der Waals surface area contributed by atoms with Gasteiger partial charge in [-0.15, -0.1) is 0 Å². The Morgan fingerprint density at radius 3 is 2.93 bits per heavy atom. The fourth-order valence-corrected chi connectivity index (χ4v) is 1.22.